The lowest BCUT2D eigenvalue weighted by molar-refractivity contribution is 0.0699. The number of carboxylic acid groups (broad SMARTS) is 1. The van der Waals surface area contributed by atoms with E-state index >= 15 is 0 Å². The number of carboxylic acids is 1. The number of aromatic carboxylic acids is 1. The Bertz CT molecular complexity index is 1290. The second kappa shape index (κ2) is 7.13. The number of carbonyl (C=O) groups excluding carboxylic acids is 1. The predicted octanol–water partition coefficient (Wildman–Crippen LogP) is 4.72. The molecule has 7 nitrogen and oxygen atoms in total. The van der Waals surface area contributed by atoms with E-state index in [4.69, 9.17) is 0 Å². The normalized spacial score (nSPS) is 11.1. The molecule has 0 unspecified atom stereocenters. The van der Waals surface area contributed by atoms with Gasteiger partial charge >= 0.3 is 5.97 Å². The van der Waals surface area contributed by atoms with E-state index < -0.39 is 23.5 Å². The molecular weight excluding hydrogens is 444 g/mol. The molecule has 0 radical (unpaired) electrons. The summed E-state index contributed by atoms with van der Waals surface area (Å²) in [5, 5.41) is 27.1. The van der Waals surface area contributed by atoms with Crippen molar-refractivity contribution in [1.82, 2.24) is 9.59 Å². The smallest absolute Gasteiger partial charge is 0.339 e. The highest BCUT2D eigenvalue weighted by Crippen LogP contribution is 2.40. The molecule has 4 rings (SSSR count). The highest BCUT2D eigenvalue weighted by molar-refractivity contribution is 7.37. The summed E-state index contributed by atoms with van der Waals surface area (Å²) in [5.41, 5.74) is -0.382. The number of aromatic hydroxyl groups is 1. The maximum absolute atomic E-state index is 14.4. The second-order valence-corrected chi connectivity index (χ2v) is 8.77. The van der Waals surface area contributed by atoms with Crippen LogP contribution in [0.3, 0.4) is 0 Å². The standard InChI is InChI=1S/C17H9F2N3O4S3/c1-5-2-3-6(10(19)9(5)18)7-4-27-15(8(7)16(25)26)20-14(24)13-12(23)11-17(28-13)29-22-21-11/h2-4,23H,1H3,(H,20,24)(H,25,26). The van der Waals surface area contributed by atoms with Gasteiger partial charge in [0.2, 0.25) is 0 Å². The van der Waals surface area contributed by atoms with Crippen LogP contribution >= 0.6 is 34.2 Å². The number of anilines is 1. The summed E-state index contributed by atoms with van der Waals surface area (Å²) in [5.74, 6) is -4.75. The van der Waals surface area contributed by atoms with E-state index in [1.165, 1.54) is 24.4 Å². The molecule has 3 N–H and O–H groups in total. The van der Waals surface area contributed by atoms with Crippen LogP contribution in [0.5, 0.6) is 5.75 Å². The number of aryl methyl sites for hydroxylation is 1. The van der Waals surface area contributed by atoms with E-state index in [9.17, 15) is 28.6 Å². The summed E-state index contributed by atoms with van der Waals surface area (Å²) in [7, 11) is 0. The van der Waals surface area contributed by atoms with Crippen LogP contribution in [0.1, 0.15) is 25.6 Å². The van der Waals surface area contributed by atoms with Crippen LogP contribution in [0.25, 0.3) is 20.7 Å². The van der Waals surface area contributed by atoms with Crippen LogP contribution < -0.4 is 5.32 Å². The van der Waals surface area contributed by atoms with Gasteiger partial charge in [-0.05, 0) is 24.0 Å². The van der Waals surface area contributed by atoms with Crippen molar-refractivity contribution in [2.75, 3.05) is 5.32 Å². The van der Waals surface area contributed by atoms with E-state index in [0.717, 1.165) is 34.2 Å². The Labute approximate surface area is 173 Å². The Morgan fingerprint density at radius 3 is 2.62 bits per heavy atom. The molecule has 0 atom stereocenters. The molecule has 0 aliphatic heterocycles. The molecule has 0 aliphatic rings. The minimum atomic E-state index is -1.42. The first-order valence-electron chi connectivity index (χ1n) is 7.84. The van der Waals surface area contributed by atoms with Gasteiger partial charge in [-0.2, -0.15) is 0 Å². The number of amides is 1. The first-order valence-corrected chi connectivity index (χ1v) is 10.3. The Hall–Kier alpha value is -2.96. The number of fused-ring (bicyclic) bond motifs is 1. The fourth-order valence-electron chi connectivity index (χ4n) is 2.67. The van der Waals surface area contributed by atoms with Gasteiger partial charge in [-0.1, -0.05) is 16.6 Å². The van der Waals surface area contributed by atoms with Crippen molar-refractivity contribution >= 4 is 60.6 Å². The van der Waals surface area contributed by atoms with Gasteiger partial charge in [0.15, 0.2) is 22.9 Å². The highest BCUT2D eigenvalue weighted by atomic mass is 32.2. The quantitative estimate of drug-likeness (QED) is 0.412. The lowest BCUT2D eigenvalue weighted by Crippen LogP contribution is -2.12. The number of benzene rings is 1. The number of aromatic nitrogens is 2. The lowest BCUT2D eigenvalue weighted by atomic mass is 10.0. The van der Waals surface area contributed by atoms with Crippen molar-refractivity contribution < 1.29 is 28.6 Å². The van der Waals surface area contributed by atoms with Crippen molar-refractivity contribution in [3.8, 4) is 16.9 Å². The zero-order valence-corrected chi connectivity index (χ0v) is 16.8. The van der Waals surface area contributed by atoms with Gasteiger partial charge in [-0.25, -0.2) is 13.6 Å². The number of nitrogens with zero attached hydrogens (tertiary/aromatic N) is 2. The largest absolute Gasteiger partial charge is 0.504 e. The molecule has 3 heterocycles. The Balaban J connectivity index is 1.75. The highest BCUT2D eigenvalue weighted by Gasteiger charge is 2.27. The average molecular weight is 453 g/mol. The number of nitrogens with one attached hydrogen (secondary N) is 1. The molecule has 0 saturated heterocycles. The third kappa shape index (κ3) is 3.14. The van der Waals surface area contributed by atoms with E-state index in [1.54, 1.807) is 0 Å². The van der Waals surface area contributed by atoms with Crippen LogP contribution in [-0.4, -0.2) is 31.7 Å². The first-order chi connectivity index (χ1) is 13.8. The SMILES string of the molecule is Cc1ccc(-c2csc(NC(=O)c3sc4snnc4c3O)c2C(=O)O)c(F)c1F. The first kappa shape index (κ1) is 19.4. The van der Waals surface area contributed by atoms with Crippen LogP contribution in [0, 0.1) is 18.6 Å². The Morgan fingerprint density at radius 2 is 1.93 bits per heavy atom. The number of hydrogen-bond donors (Lipinski definition) is 3. The fourth-order valence-corrected chi connectivity index (χ4v) is 5.29. The monoisotopic (exact) mass is 453 g/mol. The lowest BCUT2D eigenvalue weighted by Gasteiger charge is -2.08. The van der Waals surface area contributed by atoms with Gasteiger partial charge in [0.1, 0.15) is 19.5 Å². The Kier molecular flexibility index (Phi) is 4.76. The predicted molar refractivity (Wildman–Crippen MR) is 106 cm³/mol. The zero-order valence-electron chi connectivity index (χ0n) is 14.3. The topological polar surface area (TPSA) is 112 Å². The fraction of sp³-hybridized carbons (Fsp3) is 0.0588. The third-order valence-corrected chi connectivity index (χ3v) is 6.95. The second-order valence-electron chi connectivity index (χ2n) is 5.86. The van der Waals surface area contributed by atoms with Gasteiger partial charge in [-0.3, -0.25) is 4.79 Å². The van der Waals surface area contributed by atoms with Crippen molar-refractivity contribution in [3.63, 3.8) is 0 Å². The number of hydrogen-bond acceptors (Lipinski definition) is 8. The molecule has 0 aliphatic carbocycles. The van der Waals surface area contributed by atoms with E-state index in [1.807, 2.05) is 0 Å². The number of halogens is 2. The Morgan fingerprint density at radius 1 is 1.17 bits per heavy atom. The van der Waals surface area contributed by atoms with Crippen molar-refractivity contribution in [2.24, 2.45) is 0 Å². The van der Waals surface area contributed by atoms with E-state index in [-0.39, 0.29) is 43.4 Å². The van der Waals surface area contributed by atoms with Gasteiger partial charge in [0.25, 0.3) is 5.91 Å². The van der Waals surface area contributed by atoms with E-state index in [2.05, 4.69) is 14.9 Å². The molecule has 0 bridgehead atoms. The molecule has 3 aromatic heterocycles. The molecule has 148 valence electrons. The summed E-state index contributed by atoms with van der Waals surface area (Å²) in [6, 6.07) is 2.62. The van der Waals surface area contributed by atoms with Crippen LogP contribution in [-0.2, 0) is 0 Å². The molecule has 1 amide bonds. The minimum absolute atomic E-state index is 0.0556. The maximum Gasteiger partial charge on any atom is 0.339 e. The van der Waals surface area contributed by atoms with Gasteiger partial charge in [0, 0.05) is 16.5 Å². The van der Waals surface area contributed by atoms with Crippen LogP contribution in [0.4, 0.5) is 13.8 Å². The third-order valence-electron chi connectivity index (χ3n) is 4.10. The number of rotatable bonds is 4. The molecule has 0 spiro atoms. The van der Waals surface area contributed by atoms with E-state index in [0.29, 0.717) is 4.01 Å². The summed E-state index contributed by atoms with van der Waals surface area (Å²) < 4.78 is 32.5. The number of carbonyl (C=O) groups is 2. The molecule has 1 aromatic carbocycles. The summed E-state index contributed by atoms with van der Waals surface area (Å²) >= 11 is 2.82. The molecule has 29 heavy (non-hydrogen) atoms. The molecule has 0 fully saturated rings. The molecule has 0 saturated carbocycles. The van der Waals surface area contributed by atoms with Gasteiger partial charge < -0.3 is 15.5 Å². The van der Waals surface area contributed by atoms with Crippen molar-refractivity contribution in [3.05, 3.63) is 45.2 Å². The van der Waals surface area contributed by atoms with Crippen molar-refractivity contribution in [1.29, 1.82) is 0 Å². The summed E-state index contributed by atoms with van der Waals surface area (Å²) in [6.07, 6.45) is 0. The summed E-state index contributed by atoms with van der Waals surface area (Å²) in [4.78, 5) is 24.3. The number of thiophene rings is 2. The van der Waals surface area contributed by atoms with Crippen molar-refractivity contribution in [2.45, 2.75) is 6.92 Å². The summed E-state index contributed by atoms with van der Waals surface area (Å²) in [6.45, 7) is 1.39. The van der Waals surface area contributed by atoms with Crippen LogP contribution in [0.15, 0.2) is 17.5 Å². The van der Waals surface area contributed by atoms with Gasteiger partial charge in [0.05, 0.1) is 0 Å². The average Bonchev–Trinajstić information content (AvgIpc) is 3.36. The molecule has 4 aromatic rings. The molecular formula is C17H9F2N3O4S3. The zero-order chi connectivity index (χ0) is 20.9. The van der Waals surface area contributed by atoms with Crippen LogP contribution in [0.2, 0.25) is 0 Å². The minimum Gasteiger partial charge on any atom is -0.504 e. The maximum atomic E-state index is 14.4. The van der Waals surface area contributed by atoms with Gasteiger partial charge in [-0.15, -0.1) is 27.8 Å². The molecule has 12 heteroatoms.